The van der Waals surface area contributed by atoms with Gasteiger partial charge in [0.1, 0.15) is 5.82 Å². The molecule has 0 radical (unpaired) electrons. The number of ether oxygens (including phenoxy) is 1. The molecule has 15 heavy (non-hydrogen) atoms. The summed E-state index contributed by atoms with van der Waals surface area (Å²) in [6.45, 7) is 2.38. The molecule has 1 unspecified atom stereocenters. The largest absolute Gasteiger partial charge is 0.377 e. The minimum Gasteiger partial charge on any atom is -0.377 e. The van der Waals surface area contributed by atoms with Crippen molar-refractivity contribution >= 4 is 33.3 Å². The van der Waals surface area contributed by atoms with Crippen LogP contribution in [0.15, 0.2) is 18.3 Å². The molecule has 1 aliphatic rings. The van der Waals surface area contributed by atoms with Gasteiger partial charge in [-0.25, -0.2) is 4.98 Å². The van der Waals surface area contributed by atoms with E-state index in [1.165, 1.54) is 0 Å². The van der Waals surface area contributed by atoms with Crippen LogP contribution in [0.25, 0.3) is 0 Å². The number of halogens is 2. The van der Waals surface area contributed by atoms with Crippen LogP contribution in [0.5, 0.6) is 0 Å². The molecule has 0 aromatic carbocycles. The fraction of sp³-hybridized carbons (Fsp3) is 0.500. The number of alkyl halides is 1. The maximum atomic E-state index is 5.81. The highest BCUT2D eigenvalue weighted by Crippen LogP contribution is 2.19. The first-order chi connectivity index (χ1) is 7.31. The van der Waals surface area contributed by atoms with Crippen molar-refractivity contribution in [3.8, 4) is 0 Å². The molecule has 0 aliphatic carbocycles. The molecule has 1 aliphatic heterocycles. The van der Waals surface area contributed by atoms with Crippen molar-refractivity contribution in [3.05, 3.63) is 23.4 Å². The summed E-state index contributed by atoms with van der Waals surface area (Å²) in [5, 5.41) is 1.56. The smallest absolute Gasteiger partial charge is 0.129 e. The number of nitrogens with zero attached hydrogens (tertiary/aromatic N) is 2. The maximum Gasteiger partial charge on any atom is 0.129 e. The summed E-state index contributed by atoms with van der Waals surface area (Å²) >= 11 is 9.29. The molecule has 0 bridgehead atoms. The van der Waals surface area contributed by atoms with E-state index in [4.69, 9.17) is 16.3 Å². The monoisotopic (exact) mass is 290 g/mol. The summed E-state index contributed by atoms with van der Waals surface area (Å²) < 4.78 is 5.42. The van der Waals surface area contributed by atoms with Gasteiger partial charge in [0.15, 0.2) is 0 Å². The van der Waals surface area contributed by atoms with Gasteiger partial charge in [-0.15, -0.1) is 0 Å². The molecule has 2 rings (SSSR count). The fourth-order valence-corrected chi connectivity index (χ4v) is 2.27. The van der Waals surface area contributed by atoms with Crippen molar-refractivity contribution in [2.24, 2.45) is 0 Å². The van der Waals surface area contributed by atoms with Gasteiger partial charge in [-0.1, -0.05) is 27.5 Å². The molecule has 1 atom stereocenters. The van der Waals surface area contributed by atoms with E-state index in [0.717, 1.165) is 30.9 Å². The molecule has 1 fully saturated rings. The van der Waals surface area contributed by atoms with Gasteiger partial charge in [-0.05, 0) is 12.1 Å². The predicted octanol–water partition coefficient (Wildman–Crippen LogP) is 2.34. The Morgan fingerprint density at radius 3 is 3.13 bits per heavy atom. The number of pyridine rings is 1. The van der Waals surface area contributed by atoms with Gasteiger partial charge >= 0.3 is 0 Å². The summed E-state index contributed by atoms with van der Waals surface area (Å²) in [5.74, 6) is 0.965. The average molecular weight is 292 g/mol. The van der Waals surface area contributed by atoms with Crippen molar-refractivity contribution in [2.75, 3.05) is 30.0 Å². The van der Waals surface area contributed by atoms with Gasteiger partial charge in [-0.2, -0.15) is 0 Å². The zero-order chi connectivity index (χ0) is 10.7. The number of morpholine rings is 1. The van der Waals surface area contributed by atoms with Gasteiger partial charge < -0.3 is 9.64 Å². The summed E-state index contributed by atoms with van der Waals surface area (Å²) in [7, 11) is 0. The summed E-state index contributed by atoms with van der Waals surface area (Å²) in [6.07, 6.45) is 1.68. The molecule has 1 aromatic heterocycles. The Kier molecular flexibility index (Phi) is 3.83. The van der Waals surface area contributed by atoms with Crippen molar-refractivity contribution in [1.29, 1.82) is 0 Å². The standard InChI is InChI=1S/C10H12BrClN2O/c11-5-9-7-15-4-3-14(9)10-2-1-8(12)6-13-10/h1-2,6,9H,3-5,7H2. The zero-order valence-corrected chi connectivity index (χ0v) is 10.5. The second-order valence-electron chi connectivity index (χ2n) is 3.41. The minimum atomic E-state index is 0.354. The Bertz CT molecular complexity index is 320. The van der Waals surface area contributed by atoms with E-state index in [0.29, 0.717) is 11.1 Å². The van der Waals surface area contributed by atoms with E-state index in [2.05, 4.69) is 25.8 Å². The van der Waals surface area contributed by atoms with Crippen LogP contribution in [0.2, 0.25) is 5.02 Å². The first-order valence-corrected chi connectivity index (χ1v) is 6.33. The third-order valence-corrected chi connectivity index (χ3v) is 3.38. The Balaban J connectivity index is 2.16. The van der Waals surface area contributed by atoms with Gasteiger partial charge in [0.05, 0.1) is 24.3 Å². The van der Waals surface area contributed by atoms with E-state index >= 15 is 0 Å². The summed E-state index contributed by atoms with van der Waals surface area (Å²) in [5.41, 5.74) is 0. The van der Waals surface area contributed by atoms with E-state index in [9.17, 15) is 0 Å². The van der Waals surface area contributed by atoms with E-state index in [-0.39, 0.29) is 0 Å². The van der Waals surface area contributed by atoms with Gasteiger partial charge in [0.25, 0.3) is 0 Å². The molecule has 2 heterocycles. The van der Waals surface area contributed by atoms with Crippen molar-refractivity contribution in [3.63, 3.8) is 0 Å². The number of rotatable bonds is 2. The van der Waals surface area contributed by atoms with Crippen molar-refractivity contribution in [2.45, 2.75) is 6.04 Å². The molecule has 3 nitrogen and oxygen atoms in total. The summed E-state index contributed by atoms with van der Waals surface area (Å²) in [6, 6.07) is 4.17. The van der Waals surface area contributed by atoms with Crippen LogP contribution in [0, 0.1) is 0 Å². The van der Waals surface area contributed by atoms with Crippen LogP contribution in [0.3, 0.4) is 0 Å². The fourth-order valence-electron chi connectivity index (χ4n) is 1.62. The molecule has 0 spiro atoms. The second-order valence-corrected chi connectivity index (χ2v) is 4.49. The highest BCUT2D eigenvalue weighted by Gasteiger charge is 2.22. The number of aromatic nitrogens is 1. The number of anilines is 1. The Labute approximate surface area is 103 Å². The Morgan fingerprint density at radius 2 is 2.47 bits per heavy atom. The molecular formula is C10H12BrClN2O. The van der Waals surface area contributed by atoms with Gasteiger partial charge in [0, 0.05) is 18.1 Å². The third-order valence-electron chi connectivity index (χ3n) is 2.41. The van der Waals surface area contributed by atoms with Crippen LogP contribution >= 0.6 is 27.5 Å². The highest BCUT2D eigenvalue weighted by atomic mass is 79.9. The van der Waals surface area contributed by atoms with E-state index < -0.39 is 0 Å². The van der Waals surface area contributed by atoms with Gasteiger partial charge in [0.2, 0.25) is 0 Å². The first kappa shape index (κ1) is 11.2. The lowest BCUT2D eigenvalue weighted by molar-refractivity contribution is 0.1000. The second kappa shape index (κ2) is 5.14. The molecule has 0 N–H and O–H groups in total. The normalized spacial score (nSPS) is 21.7. The highest BCUT2D eigenvalue weighted by molar-refractivity contribution is 9.09. The topological polar surface area (TPSA) is 25.4 Å². The van der Waals surface area contributed by atoms with Crippen molar-refractivity contribution < 1.29 is 4.74 Å². The van der Waals surface area contributed by atoms with Crippen LogP contribution in [0.1, 0.15) is 0 Å². The predicted molar refractivity (Wildman–Crippen MR) is 65.0 cm³/mol. The molecule has 1 saturated heterocycles. The van der Waals surface area contributed by atoms with Crippen molar-refractivity contribution in [1.82, 2.24) is 4.98 Å². The lowest BCUT2D eigenvalue weighted by atomic mass is 10.2. The Hall–Kier alpha value is -0.320. The molecular weight excluding hydrogens is 279 g/mol. The number of hydrogen-bond acceptors (Lipinski definition) is 3. The van der Waals surface area contributed by atoms with Crippen LogP contribution < -0.4 is 4.90 Å². The molecule has 0 amide bonds. The quantitative estimate of drug-likeness (QED) is 0.782. The van der Waals surface area contributed by atoms with E-state index in [1.807, 2.05) is 12.1 Å². The molecule has 5 heteroatoms. The molecule has 0 saturated carbocycles. The molecule has 1 aromatic rings. The zero-order valence-electron chi connectivity index (χ0n) is 8.20. The third kappa shape index (κ3) is 2.62. The van der Waals surface area contributed by atoms with Crippen LogP contribution in [-0.2, 0) is 4.74 Å². The van der Waals surface area contributed by atoms with Crippen LogP contribution in [-0.4, -0.2) is 36.1 Å². The van der Waals surface area contributed by atoms with Gasteiger partial charge in [-0.3, -0.25) is 0 Å². The maximum absolute atomic E-state index is 5.81. The lowest BCUT2D eigenvalue weighted by Gasteiger charge is -2.35. The number of hydrogen-bond donors (Lipinski definition) is 0. The summed E-state index contributed by atoms with van der Waals surface area (Å²) in [4.78, 5) is 6.56. The Morgan fingerprint density at radius 1 is 1.60 bits per heavy atom. The lowest BCUT2D eigenvalue weighted by Crippen LogP contribution is -2.47. The minimum absolute atomic E-state index is 0.354. The average Bonchev–Trinajstić information content (AvgIpc) is 2.30. The SMILES string of the molecule is Clc1ccc(N2CCOCC2CBr)nc1. The van der Waals surface area contributed by atoms with E-state index in [1.54, 1.807) is 6.20 Å². The first-order valence-electron chi connectivity index (χ1n) is 4.83. The van der Waals surface area contributed by atoms with Crippen LogP contribution in [0.4, 0.5) is 5.82 Å². The molecule has 82 valence electrons.